The predicted molar refractivity (Wildman–Crippen MR) is 131 cm³/mol. The molecular formula is C28H22N2O5. The van der Waals surface area contributed by atoms with E-state index < -0.39 is 18.5 Å². The van der Waals surface area contributed by atoms with Gasteiger partial charge in [-0.15, -0.1) is 0 Å². The molecule has 0 aliphatic heterocycles. The number of benzene rings is 3. The Morgan fingerprint density at radius 3 is 2.14 bits per heavy atom. The molecule has 0 aliphatic rings. The molecule has 0 atom stereocenters. The van der Waals surface area contributed by atoms with Crippen LogP contribution in [0.15, 0.2) is 89.3 Å². The van der Waals surface area contributed by atoms with Crippen molar-refractivity contribution in [3.05, 3.63) is 96.1 Å². The molecule has 0 spiro atoms. The van der Waals surface area contributed by atoms with Gasteiger partial charge in [0.2, 0.25) is 5.88 Å². The summed E-state index contributed by atoms with van der Waals surface area (Å²) >= 11 is 0. The van der Waals surface area contributed by atoms with Crippen molar-refractivity contribution < 1.29 is 23.5 Å². The van der Waals surface area contributed by atoms with E-state index in [1.807, 2.05) is 67.6 Å². The van der Waals surface area contributed by atoms with Gasteiger partial charge in [0.15, 0.2) is 6.61 Å². The summed E-state index contributed by atoms with van der Waals surface area (Å²) in [6.07, 6.45) is 0. The molecule has 0 bridgehead atoms. The van der Waals surface area contributed by atoms with Gasteiger partial charge in [-0.05, 0) is 36.8 Å². The number of amides is 1. The second-order valence-corrected chi connectivity index (χ2v) is 7.44. The van der Waals surface area contributed by atoms with Gasteiger partial charge in [0.25, 0.3) is 5.91 Å². The number of carbonyl (C=O) groups excluding carboxylic acids is 2. The van der Waals surface area contributed by atoms with Crippen molar-refractivity contribution in [3.63, 3.8) is 0 Å². The maximum absolute atomic E-state index is 12.6. The standard InChI is InChI=1S/C28H22N2O5/c1-2-33-22-15-13-21(14-16-22)28(32)34-18-24(31)30-27-23(17-29)25(19-9-5-3-6-10-19)26(35-27)20-11-7-4-8-12-20/h3-16H,2,18H2,1H3,(H,30,31). The number of carbonyl (C=O) groups is 2. The number of nitriles is 1. The van der Waals surface area contributed by atoms with Crippen LogP contribution in [0.4, 0.5) is 5.88 Å². The number of nitrogens with zero attached hydrogens (tertiary/aromatic N) is 1. The molecule has 1 N–H and O–H groups in total. The van der Waals surface area contributed by atoms with Crippen molar-refractivity contribution in [2.45, 2.75) is 6.92 Å². The molecule has 174 valence electrons. The quantitative estimate of drug-likeness (QED) is 0.335. The third kappa shape index (κ3) is 5.40. The van der Waals surface area contributed by atoms with Gasteiger partial charge < -0.3 is 13.9 Å². The second-order valence-electron chi connectivity index (χ2n) is 7.44. The van der Waals surface area contributed by atoms with Gasteiger partial charge in [-0.25, -0.2) is 4.79 Å². The number of ether oxygens (including phenoxy) is 2. The summed E-state index contributed by atoms with van der Waals surface area (Å²) in [6, 6.07) is 27.2. The Balaban J connectivity index is 1.54. The number of hydrogen-bond donors (Lipinski definition) is 1. The first-order valence-electron chi connectivity index (χ1n) is 11.0. The van der Waals surface area contributed by atoms with Gasteiger partial charge in [-0.3, -0.25) is 10.1 Å². The molecule has 35 heavy (non-hydrogen) atoms. The monoisotopic (exact) mass is 466 g/mol. The zero-order valence-electron chi connectivity index (χ0n) is 19.0. The first-order chi connectivity index (χ1) is 17.1. The van der Waals surface area contributed by atoms with E-state index in [1.54, 1.807) is 24.3 Å². The highest BCUT2D eigenvalue weighted by molar-refractivity contribution is 5.98. The number of rotatable bonds is 8. The molecule has 4 rings (SSSR count). The molecule has 0 radical (unpaired) electrons. The van der Waals surface area contributed by atoms with Gasteiger partial charge in [0.05, 0.1) is 12.2 Å². The summed E-state index contributed by atoms with van der Waals surface area (Å²) in [5.41, 5.74) is 2.57. The maximum atomic E-state index is 12.6. The zero-order valence-corrected chi connectivity index (χ0v) is 19.0. The van der Waals surface area contributed by atoms with E-state index in [-0.39, 0.29) is 17.0 Å². The minimum atomic E-state index is -0.655. The highest BCUT2D eigenvalue weighted by atomic mass is 16.5. The first kappa shape index (κ1) is 23.3. The van der Waals surface area contributed by atoms with Crippen molar-refractivity contribution in [2.24, 2.45) is 0 Å². The molecule has 1 aromatic heterocycles. The molecule has 0 aliphatic carbocycles. The Bertz CT molecular complexity index is 1350. The van der Waals surface area contributed by atoms with Crippen LogP contribution >= 0.6 is 0 Å². The predicted octanol–water partition coefficient (Wildman–Crippen LogP) is 5.68. The summed E-state index contributed by atoms with van der Waals surface area (Å²) in [7, 11) is 0. The van der Waals surface area contributed by atoms with Crippen molar-refractivity contribution in [1.29, 1.82) is 5.26 Å². The van der Waals surface area contributed by atoms with Gasteiger partial charge in [-0.1, -0.05) is 60.7 Å². The Labute approximate surface area is 202 Å². The SMILES string of the molecule is CCOc1ccc(C(=O)OCC(=O)Nc2oc(-c3ccccc3)c(-c3ccccc3)c2C#N)cc1. The third-order valence-electron chi connectivity index (χ3n) is 5.11. The number of esters is 1. The summed E-state index contributed by atoms with van der Waals surface area (Å²) in [4.78, 5) is 24.9. The molecule has 1 heterocycles. The Morgan fingerprint density at radius 2 is 1.54 bits per heavy atom. The minimum absolute atomic E-state index is 0.00711. The molecule has 0 unspecified atom stereocenters. The van der Waals surface area contributed by atoms with Crippen LogP contribution in [0.2, 0.25) is 0 Å². The molecule has 7 heteroatoms. The second kappa shape index (κ2) is 10.9. The van der Waals surface area contributed by atoms with Crippen LogP contribution in [0.1, 0.15) is 22.8 Å². The maximum Gasteiger partial charge on any atom is 0.338 e. The zero-order chi connectivity index (χ0) is 24.6. The smallest absolute Gasteiger partial charge is 0.338 e. The lowest BCUT2D eigenvalue weighted by Crippen LogP contribution is -2.21. The molecule has 7 nitrogen and oxygen atoms in total. The van der Waals surface area contributed by atoms with Crippen LogP contribution in [0, 0.1) is 11.3 Å². The normalized spacial score (nSPS) is 10.3. The van der Waals surface area contributed by atoms with E-state index in [9.17, 15) is 14.9 Å². The highest BCUT2D eigenvalue weighted by Crippen LogP contribution is 2.41. The number of hydrogen-bond acceptors (Lipinski definition) is 6. The Hall–Kier alpha value is -4.83. The van der Waals surface area contributed by atoms with E-state index >= 15 is 0 Å². The number of anilines is 1. The lowest BCUT2D eigenvalue weighted by molar-refractivity contribution is -0.119. The van der Waals surface area contributed by atoms with Crippen LogP contribution in [0.25, 0.3) is 22.5 Å². The topological polar surface area (TPSA) is 102 Å². The van der Waals surface area contributed by atoms with Crippen molar-refractivity contribution in [1.82, 2.24) is 0 Å². The third-order valence-corrected chi connectivity index (χ3v) is 5.11. The molecule has 1 amide bonds. The van der Waals surface area contributed by atoms with Gasteiger partial charge in [0, 0.05) is 11.1 Å². The Morgan fingerprint density at radius 1 is 0.914 bits per heavy atom. The molecular weight excluding hydrogens is 444 g/mol. The first-order valence-corrected chi connectivity index (χ1v) is 11.0. The average molecular weight is 466 g/mol. The number of furan rings is 1. The van der Waals surface area contributed by atoms with Crippen LogP contribution in [0.3, 0.4) is 0 Å². The molecule has 0 saturated carbocycles. The van der Waals surface area contributed by atoms with Gasteiger partial charge in [-0.2, -0.15) is 5.26 Å². The summed E-state index contributed by atoms with van der Waals surface area (Å²) in [5.74, 6) is -0.207. The molecule has 4 aromatic rings. The number of nitrogens with one attached hydrogen (secondary N) is 1. The Kier molecular flexibility index (Phi) is 7.24. The molecule has 3 aromatic carbocycles. The van der Waals surface area contributed by atoms with E-state index in [4.69, 9.17) is 13.9 Å². The van der Waals surface area contributed by atoms with E-state index in [0.717, 1.165) is 11.1 Å². The lowest BCUT2D eigenvalue weighted by Gasteiger charge is -2.06. The van der Waals surface area contributed by atoms with Gasteiger partial charge in [0.1, 0.15) is 23.1 Å². The fraction of sp³-hybridized carbons (Fsp3) is 0.107. The van der Waals surface area contributed by atoms with E-state index in [2.05, 4.69) is 11.4 Å². The summed E-state index contributed by atoms with van der Waals surface area (Å²) < 4.78 is 16.4. The average Bonchev–Trinajstić information content (AvgIpc) is 3.27. The van der Waals surface area contributed by atoms with Gasteiger partial charge >= 0.3 is 5.97 Å². The summed E-state index contributed by atoms with van der Waals surface area (Å²) in [5, 5.41) is 12.5. The van der Waals surface area contributed by atoms with Crippen molar-refractivity contribution in [3.8, 4) is 34.3 Å². The fourth-order valence-corrected chi connectivity index (χ4v) is 3.53. The van der Waals surface area contributed by atoms with Crippen molar-refractivity contribution >= 4 is 17.8 Å². The van der Waals surface area contributed by atoms with Crippen LogP contribution in [0.5, 0.6) is 5.75 Å². The highest BCUT2D eigenvalue weighted by Gasteiger charge is 2.24. The fourth-order valence-electron chi connectivity index (χ4n) is 3.53. The van der Waals surface area contributed by atoms with Crippen LogP contribution < -0.4 is 10.1 Å². The lowest BCUT2D eigenvalue weighted by atomic mass is 9.98. The summed E-state index contributed by atoms with van der Waals surface area (Å²) in [6.45, 7) is 1.83. The van der Waals surface area contributed by atoms with Crippen LogP contribution in [-0.2, 0) is 9.53 Å². The van der Waals surface area contributed by atoms with E-state index in [1.165, 1.54) is 0 Å². The minimum Gasteiger partial charge on any atom is -0.494 e. The van der Waals surface area contributed by atoms with Crippen LogP contribution in [-0.4, -0.2) is 25.1 Å². The molecule has 0 saturated heterocycles. The van der Waals surface area contributed by atoms with E-state index in [0.29, 0.717) is 23.7 Å². The van der Waals surface area contributed by atoms with Crippen molar-refractivity contribution in [2.75, 3.05) is 18.5 Å². The molecule has 0 fully saturated rings. The largest absolute Gasteiger partial charge is 0.494 e.